The molecule has 142 valence electrons. The molecule has 1 unspecified atom stereocenters. The molecule has 0 fully saturated rings. The Morgan fingerprint density at radius 3 is 2.28 bits per heavy atom. The number of benzene rings is 1. The maximum Gasteiger partial charge on any atom is 0.191 e. The summed E-state index contributed by atoms with van der Waals surface area (Å²) < 4.78 is 0. The van der Waals surface area contributed by atoms with Crippen LogP contribution in [0.5, 0.6) is 0 Å². The molecule has 0 spiro atoms. The molecule has 0 aliphatic heterocycles. The molecule has 0 aliphatic rings. The van der Waals surface area contributed by atoms with Gasteiger partial charge in [0, 0.05) is 13.1 Å². The van der Waals surface area contributed by atoms with Crippen LogP contribution in [-0.2, 0) is 0 Å². The van der Waals surface area contributed by atoms with Crippen LogP contribution in [0.3, 0.4) is 0 Å². The van der Waals surface area contributed by atoms with E-state index < -0.39 is 0 Å². The Labute approximate surface area is 154 Å². The largest absolute Gasteiger partial charge is 0.357 e. The van der Waals surface area contributed by atoms with Crippen molar-refractivity contribution in [3.05, 3.63) is 35.9 Å². The zero-order valence-electron chi connectivity index (χ0n) is 16.8. The molecule has 0 aliphatic carbocycles. The average molecular weight is 348 g/mol. The summed E-state index contributed by atoms with van der Waals surface area (Å²) in [6.45, 7) is 12.2. The quantitative estimate of drug-likeness (QED) is 0.367. The second kappa shape index (κ2) is 12.7. The Bertz CT molecular complexity index is 468. The van der Waals surface area contributed by atoms with Crippen molar-refractivity contribution >= 4 is 5.96 Å². The first-order chi connectivity index (χ1) is 12.1. The third-order valence-electron chi connectivity index (χ3n) is 4.28. The summed E-state index contributed by atoms with van der Waals surface area (Å²) in [6.07, 6.45) is 1.11. The van der Waals surface area contributed by atoms with Gasteiger partial charge in [0.1, 0.15) is 0 Å². The van der Waals surface area contributed by atoms with Gasteiger partial charge in [-0.05, 0) is 52.6 Å². The summed E-state index contributed by atoms with van der Waals surface area (Å²) in [6, 6.07) is 11.0. The van der Waals surface area contributed by atoms with E-state index in [1.807, 2.05) is 0 Å². The average Bonchev–Trinajstić information content (AvgIpc) is 2.62. The van der Waals surface area contributed by atoms with E-state index in [9.17, 15) is 0 Å². The van der Waals surface area contributed by atoms with Crippen molar-refractivity contribution < 1.29 is 0 Å². The molecule has 25 heavy (non-hydrogen) atoms. The van der Waals surface area contributed by atoms with Gasteiger partial charge in [0.05, 0.1) is 12.6 Å². The molecule has 0 saturated carbocycles. The van der Waals surface area contributed by atoms with E-state index in [2.05, 4.69) is 85.6 Å². The van der Waals surface area contributed by atoms with Crippen LogP contribution in [0.4, 0.5) is 0 Å². The highest BCUT2D eigenvalue weighted by molar-refractivity contribution is 5.79. The van der Waals surface area contributed by atoms with Crippen LogP contribution >= 0.6 is 0 Å². The Morgan fingerprint density at radius 1 is 1.04 bits per heavy atom. The number of hydrogen-bond donors (Lipinski definition) is 2. The molecule has 2 N–H and O–H groups in total. The van der Waals surface area contributed by atoms with Crippen molar-refractivity contribution in [3.63, 3.8) is 0 Å². The highest BCUT2D eigenvalue weighted by Gasteiger charge is 2.17. The molecule has 0 amide bonds. The molecule has 0 bridgehead atoms. The topological polar surface area (TPSA) is 42.9 Å². The fraction of sp³-hybridized carbons (Fsp3) is 0.650. The van der Waals surface area contributed by atoms with E-state index in [0.717, 1.165) is 51.6 Å². The van der Waals surface area contributed by atoms with Crippen molar-refractivity contribution in [2.45, 2.75) is 33.2 Å². The lowest BCUT2D eigenvalue weighted by Crippen LogP contribution is -2.39. The van der Waals surface area contributed by atoms with Crippen LogP contribution in [0.15, 0.2) is 35.3 Å². The lowest BCUT2D eigenvalue weighted by molar-refractivity contribution is 0.224. The molecule has 1 atom stereocenters. The molecule has 0 saturated heterocycles. The maximum atomic E-state index is 4.86. The van der Waals surface area contributed by atoms with Gasteiger partial charge in [-0.1, -0.05) is 44.2 Å². The van der Waals surface area contributed by atoms with E-state index in [4.69, 9.17) is 4.99 Å². The van der Waals surface area contributed by atoms with E-state index in [-0.39, 0.29) is 0 Å². The first kappa shape index (κ1) is 21.5. The van der Waals surface area contributed by atoms with Crippen molar-refractivity contribution in [1.82, 2.24) is 20.4 Å². The summed E-state index contributed by atoms with van der Waals surface area (Å²) >= 11 is 0. The minimum atomic E-state index is 0.313. The van der Waals surface area contributed by atoms with Crippen LogP contribution in [0.25, 0.3) is 0 Å². The van der Waals surface area contributed by atoms with Crippen molar-refractivity contribution in [1.29, 1.82) is 0 Å². The standard InChI is InChI=1S/C20H37N5/c1-6-21-20(22-15-12-16-24(4)5)23-17-19(25(7-2)8-3)18-13-10-9-11-14-18/h9-11,13-14,19H,6-8,12,15-17H2,1-5H3,(H2,21,22,23). The van der Waals surface area contributed by atoms with Gasteiger partial charge in [-0.2, -0.15) is 0 Å². The molecule has 5 nitrogen and oxygen atoms in total. The SMILES string of the molecule is CCNC(=NCC(c1ccccc1)N(CC)CC)NCCCN(C)C. The third-order valence-corrected chi connectivity index (χ3v) is 4.28. The number of likely N-dealkylation sites (N-methyl/N-ethyl adjacent to an activating group) is 1. The van der Waals surface area contributed by atoms with E-state index in [1.54, 1.807) is 0 Å². The fourth-order valence-corrected chi connectivity index (χ4v) is 2.89. The predicted molar refractivity (Wildman–Crippen MR) is 109 cm³/mol. The van der Waals surface area contributed by atoms with Gasteiger partial charge in [-0.15, -0.1) is 0 Å². The van der Waals surface area contributed by atoms with E-state index in [0.29, 0.717) is 6.04 Å². The minimum Gasteiger partial charge on any atom is -0.357 e. The zero-order chi connectivity index (χ0) is 18.5. The maximum absolute atomic E-state index is 4.86. The monoisotopic (exact) mass is 347 g/mol. The molecule has 0 heterocycles. The van der Waals surface area contributed by atoms with Gasteiger partial charge in [0.25, 0.3) is 0 Å². The van der Waals surface area contributed by atoms with Crippen molar-refractivity contribution in [2.75, 3.05) is 53.4 Å². The highest BCUT2D eigenvalue weighted by atomic mass is 15.2. The van der Waals surface area contributed by atoms with Crippen molar-refractivity contribution in [2.24, 2.45) is 4.99 Å². The summed E-state index contributed by atoms with van der Waals surface area (Å²) in [4.78, 5) is 9.54. The molecule has 5 heteroatoms. The molecule has 0 aromatic heterocycles. The number of nitrogens with zero attached hydrogens (tertiary/aromatic N) is 3. The van der Waals surface area contributed by atoms with Crippen LogP contribution in [-0.4, -0.2) is 69.1 Å². The number of aliphatic imine (C=N–C) groups is 1. The van der Waals surface area contributed by atoms with Crippen molar-refractivity contribution in [3.8, 4) is 0 Å². The summed E-state index contributed by atoms with van der Waals surface area (Å²) in [7, 11) is 4.21. The molecule has 0 radical (unpaired) electrons. The normalized spacial score (nSPS) is 13.3. The summed E-state index contributed by atoms with van der Waals surface area (Å²) in [5, 5.41) is 6.81. The van der Waals surface area contributed by atoms with Crippen LogP contribution in [0, 0.1) is 0 Å². The smallest absolute Gasteiger partial charge is 0.191 e. The highest BCUT2D eigenvalue weighted by Crippen LogP contribution is 2.20. The molecular formula is C20H37N5. The van der Waals surface area contributed by atoms with Gasteiger partial charge in [0.15, 0.2) is 5.96 Å². The number of nitrogens with one attached hydrogen (secondary N) is 2. The van der Waals surface area contributed by atoms with Gasteiger partial charge >= 0.3 is 0 Å². The van der Waals surface area contributed by atoms with Crippen LogP contribution in [0.2, 0.25) is 0 Å². The number of guanidine groups is 1. The molecule has 1 aromatic rings. The number of rotatable bonds is 11. The minimum absolute atomic E-state index is 0.313. The van der Waals surface area contributed by atoms with E-state index in [1.165, 1.54) is 5.56 Å². The van der Waals surface area contributed by atoms with Gasteiger partial charge in [0.2, 0.25) is 0 Å². The Kier molecular flexibility index (Phi) is 10.9. The predicted octanol–water partition coefficient (Wildman–Crippen LogP) is 2.58. The summed E-state index contributed by atoms with van der Waals surface area (Å²) in [5.74, 6) is 0.911. The third kappa shape index (κ3) is 8.36. The molecule has 1 aromatic carbocycles. The Balaban J connectivity index is 2.75. The lowest BCUT2D eigenvalue weighted by atomic mass is 10.1. The first-order valence-corrected chi connectivity index (χ1v) is 9.58. The van der Waals surface area contributed by atoms with E-state index >= 15 is 0 Å². The lowest BCUT2D eigenvalue weighted by Gasteiger charge is -2.29. The molecule has 1 rings (SSSR count). The second-order valence-corrected chi connectivity index (χ2v) is 6.45. The van der Waals surface area contributed by atoms with Gasteiger partial charge in [-0.25, -0.2) is 0 Å². The summed E-state index contributed by atoms with van der Waals surface area (Å²) in [5.41, 5.74) is 1.33. The number of hydrogen-bond acceptors (Lipinski definition) is 3. The molecular weight excluding hydrogens is 310 g/mol. The first-order valence-electron chi connectivity index (χ1n) is 9.58. The van der Waals surface area contributed by atoms with Gasteiger partial charge < -0.3 is 15.5 Å². The Hall–Kier alpha value is -1.59. The van der Waals surface area contributed by atoms with Crippen LogP contribution < -0.4 is 10.6 Å². The van der Waals surface area contributed by atoms with Gasteiger partial charge in [-0.3, -0.25) is 9.89 Å². The zero-order valence-corrected chi connectivity index (χ0v) is 16.8. The second-order valence-electron chi connectivity index (χ2n) is 6.45. The fourth-order valence-electron chi connectivity index (χ4n) is 2.89. The Morgan fingerprint density at radius 2 is 1.72 bits per heavy atom. The van der Waals surface area contributed by atoms with Crippen LogP contribution in [0.1, 0.15) is 38.8 Å².